The second-order valence-corrected chi connectivity index (χ2v) is 6.96. The minimum absolute atomic E-state index is 0.472. The van der Waals surface area contributed by atoms with Crippen LogP contribution in [0.4, 0.5) is 0 Å². The van der Waals surface area contributed by atoms with E-state index in [4.69, 9.17) is 16.1 Å². The highest BCUT2D eigenvalue weighted by Crippen LogP contribution is 2.25. The van der Waals surface area contributed by atoms with Crippen LogP contribution < -0.4 is 0 Å². The number of hydrogen-bond donors (Lipinski definition) is 0. The van der Waals surface area contributed by atoms with Gasteiger partial charge in [-0.1, -0.05) is 40.7 Å². The second kappa shape index (κ2) is 6.71. The first-order valence-corrected chi connectivity index (χ1v) is 9.07. The molecule has 4 rings (SSSR count). The molecular weight excluding hydrogens is 368 g/mol. The van der Waals surface area contributed by atoms with E-state index in [0.717, 1.165) is 10.6 Å². The molecular formula is C14H9ClN6OS2. The van der Waals surface area contributed by atoms with Gasteiger partial charge in [-0.05, 0) is 40.1 Å². The molecule has 0 amide bonds. The van der Waals surface area contributed by atoms with Crippen LogP contribution in [0.1, 0.15) is 5.89 Å². The van der Waals surface area contributed by atoms with Crippen LogP contribution >= 0.6 is 34.7 Å². The van der Waals surface area contributed by atoms with Gasteiger partial charge in [-0.3, -0.25) is 0 Å². The predicted molar refractivity (Wildman–Crippen MR) is 91.3 cm³/mol. The molecule has 0 spiro atoms. The third kappa shape index (κ3) is 3.18. The fourth-order valence-corrected chi connectivity index (χ4v) is 3.55. The second-order valence-electron chi connectivity index (χ2n) is 4.63. The van der Waals surface area contributed by atoms with Crippen molar-refractivity contribution >= 4 is 34.7 Å². The Labute approximate surface area is 149 Å². The molecule has 0 N–H and O–H groups in total. The van der Waals surface area contributed by atoms with Crippen molar-refractivity contribution in [3.05, 3.63) is 52.7 Å². The highest BCUT2D eigenvalue weighted by atomic mass is 35.5. The predicted octanol–water partition coefficient (Wildman–Crippen LogP) is 3.72. The van der Waals surface area contributed by atoms with Crippen molar-refractivity contribution in [3.63, 3.8) is 0 Å². The summed E-state index contributed by atoms with van der Waals surface area (Å²) in [6, 6.07) is 11.2. The molecule has 0 fully saturated rings. The third-order valence-corrected chi connectivity index (χ3v) is 5.03. The smallest absolute Gasteiger partial charge is 0.237 e. The maximum Gasteiger partial charge on any atom is 0.237 e. The van der Waals surface area contributed by atoms with Crippen LogP contribution in [0, 0.1) is 0 Å². The molecule has 0 saturated heterocycles. The van der Waals surface area contributed by atoms with Crippen LogP contribution in [0.25, 0.3) is 16.4 Å². The Kier molecular flexibility index (Phi) is 4.28. The zero-order chi connectivity index (χ0) is 16.4. The Balaban J connectivity index is 1.50. The lowest BCUT2D eigenvalue weighted by molar-refractivity contribution is 0.391. The molecule has 7 nitrogen and oxygen atoms in total. The van der Waals surface area contributed by atoms with E-state index in [9.17, 15) is 0 Å². The number of tetrazole rings is 1. The molecule has 0 aliphatic carbocycles. The van der Waals surface area contributed by atoms with Gasteiger partial charge in [0.05, 0.1) is 16.3 Å². The van der Waals surface area contributed by atoms with Crippen LogP contribution in [0.15, 0.2) is 51.5 Å². The molecule has 1 aromatic carbocycles. The topological polar surface area (TPSA) is 82.5 Å². The summed E-state index contributed by atoms with van der Waals surface area (Å²) in [7, 11) is 0. The summed E-state index contributed by atoms with van der Waals surface area (Å²) in [6.07, 6.45) is 0. The molecule has 0 radical (unpaired) electrons. The van der Waals surface area contributed by atoms with Crippen molar-refractivity contribution in [2.45, 2.75) is 10.9 Å². The van der Waals surface area contributed by atoms with Gasteiger partial charge in [-0.25, -0.2) is 0 Å². The Morgan fingerprint density at radius 1 is 1.25 bits per heavy atom. The fourth-order valence-electron chi connectivity index (χ4n) is 1.98. The van der Waals surface area contributed by atoms with Crippen LogP contribution in [-0.4, -0.2) is 30.3 Å². The van der Waals surface area contributed by atoms with E-state index in [0.29, 0.717) is 27.6 Å². The SMILES string of the molecule is Clc1cccc(-n2nnnc2SCc2nc(-c3cccs3)no2)c1. The molecule has 0 unspecified atom stereocenters. The highest BCUT2D eigenvalue weighted by molar-refractivity contribution is 7.98. The summed E-state index contributed by atoms with van der Waals surface area (Å²) in [5, 5.41) is 18.9. The number of thioether (sulfide) groups is 1. The van der Waals surface area contributed by atoms with E-state index in [1.807, 2.05) is 29.6 Å². The molecule has 0 bridgehead atoms. The van der Waals surface area contributed by atoms with Crippen LogP contribution in [0.3, 0.4) is 0 Å². The van der Waals surface area contributed by atoms with Crippen LogP contribution in [0.2, 0.25) is 5.02 Å². The molecule has 120 valence electrons. The summed E-state index contributed by atoms with van der Waals surface area (Å²) in [4.78, 5) is 5.35. The van der Waals surface area contributed by atoms with E-state index in [1.54, 1.807) is 28.2 Å². The van der Waals surface area contributed by atoms with E-state index in [2.05, 4.69) is 25.7 Å². The van der Waals surface area contributed by atoms with E-state index in [1.165, 1.54) is 11.8 Å². The average Bonchev–Trinajstić information content (AvgIpc) is 3.33. The van der Waals surface area contributed by atoms with Crippen molar-refractivity contribution in [2.24, 2.45) is 0 Å². The first kappa shape index (κ1) is 15.3. The highest BCUT2D eigenvalue weighted by Gasteiger charge is 2.13. The van der Waals surface area contributed by atoms with Crippen molar-refractivity contribution in [3.8, 4) is 16.4 Å². The van der Waals surface area contributed by atoms with Gasteiger partial charge in [0, 0.05) is 5.02 Å². The lowest BCUT2D eigenvalue weighted by Gasteiger charge is -2.03. The zero-order valence-corrected chi connectivity index (χ0v) is 14.4. The zero-order valence-electron chi connectivity index (χ0n) is 12.0. The van der Waals surface area contributed by atoms with Gasteiger partial charge in [0.25, 0.3) is 0 Å². The van der Waals surface area contributed by atoms with Gasteiger partial charge in [0.15, 0.2) is 0 Å². The van der Waals surface area contributed by atoms with Gasteiger partial charge in [0.1, 0.15) is 0 Å². The number of hydrogen-bond acceptors (Lipinski definition) is 8. The first-order valence-electron chi connectivity index (χ1n) is 6.83. The summed E-state index contributed by atoms with van der Waals surface area (Å²) >= 11 is 8.99. The molecule has 24 heavy (non-hydrogen) atoms. The maximum absolute atomic E-state index is 6.02. The van der Waals surface area contributed by atoms with Gasteiger partial charge < -0.3 is 4.52 Å². The van der Waals surface area contributed by atoms with Gasteiger partial charge in [0.2, 0.25) is 16.9 Å². The van der Waals surface area contributed by atoms with Crippen molar-refractivity contribution < 1.29 is 4.52 Å². The quantitative estimate of drug-likeness (QED) is 0.491. The van der Waals surface area contributed by atoms with E-state index >= 15 is 0 Å². The van der Waals surface area contributed by atoms with E-state index < -0.39 is 0 Å². The minimum Gasteiger partial charge on any atom is -0.338 e. The molecule has 0 aliphatic heterocycles. The van der Waals surface area contributed by atoms with Crippen LogP contribution in [0.5, 0.6) is 0 Å². The molecule has 0 atom stereocenters. The number of thiophene rings is 1. The number of aromatic nitrogens is 6. The Bertz CT molecular complexity index is 952. The maximum atomic E-state index is 6.02. The minimum atomic E-state index is 0.472. The summed E-state index contributed by atoms with van der Waals surface area (Å²) in [5.74, 6) is 1.58. The summed E-state index contributed by atoms with van der Waals surface area (Å²) < 4.78 is 6.90. The number of benzene rings is 1. The number of halogens is 1. The van der Waals surface area contributed by atoms with Gasteiger partial charge in [-0.15, -0.1) is 16.4 Å². The van der Waals surface area contributed by atoms with Gasteiger partial charge >= 0.3 is 0 Å². The van der Waals surface area contributed by atoms with Crippen molar-refractivity contribution in [1.82, 2.24) is 30.3 Å². The third-order valence-electron chi connectivity index (χ3n) is 3.03. The number of nitrogens with zero attached hydrogens (tertiary/aromatic N) is 6. The lowest BCUT2D eigenvalue weighted by Crippen LogP contribution is -1.99. The largest absolute Gasteiger partial charge is 0.338 e. The fraction of sp³-hybridized carbons (Fsp3) is 0.0714. The molecule has 10 heteroatoms. The molecule has 0 aliphatic rings. The summed E-state index contributed by atoms with van der Waals surface area (Å²) in [6.45, 7) is 0. The first-order chi connectivity index (χ1) is 11.8. The van der Waals surface area contributed by atoms with E-state index in [-0.39, 0.29) is 0 Å². The average molecular weight is 377 g/mol. The number of rotatable bonds is 5. The van der Waals surface area contributed by atoms with Gasteiger partial charge in [-0.2, -0.15) is 9.67 Å². The summed E-state index contributed by atoms with van der Waals surface area (Å²) in [5.41, 5.74) is 0.791. The molecule has 0 saturated carbocycles. The Morgan fingerprint density at radius 2 is 2.21 bits per heavy atom. The Hall–Kier alpha value is -2.23. The molecule has 3 heterocycles. The van der Waals surface area contributed by atoms with Crippen molar-refractivity contribution in [2.75, 3.05) is 0 Å². The lowest BCUT2D eigenvalue weighted by atomic mass is 10.3. The Morgan fingerprint density at radius 3 is 3.04 bits per heavy atom. The standard InChI is InChI=1S/C14H9ClN6OS2/c15-9-3-1-4-10(7-9)21-14(17-19-20-21)24-8-12-16-13(18-22-12)11-5-2-6-23-11/h1-7H,8H2. The normalized spacial score (nSPS) is 11.0. The van der Waals surface area contributed by atoms with Crippen molar-refractivity contribution in [1.29, 1.82) is 0 Å². The van der Waals surface area contributed by atoms with Crippen LogP contribution in [-0.2, 0) is 5.75 Å². The molecule has 4 aromatic rings. The molecule has 3 aromatic heterocycles. The monoisotopic (exact) mass is 376 g/mol.